The topological polar surface area (TPSA) is 75.6 Å². The molecule has 0 saturated heterocycles. The van der Waals surface area contributed by atoms with Crippen LogP contribution in [0.25, 0.3) is 0 Å². The predicted octanol–water partition coefficient (Wildman–Crippen LogP) is 4.17. The van der Waals surface area contributed by atoms with E-state index in [4.69, 9.17) is 16.3 Å². The molecule has 2 atom stereocenters. The molecule has 122 valence electrons. The van der Waals surface area contributed by atoms with Crippen LogP contribution in [-0.4, -0.2) is 17.7 Å². The Morgan fingerprint density at radius 2 is 1.83 bits per heavy atom. The van der Waals surface area contributed by atoms with Gasteiger partial charge in [-0.2, -0.15) is 0 Å². The zero-order chi connectivity index (χ0) is 16.9. The molecule has 2 aromatic carbocycles. The summed E-state index contributed by atoms with van der Waals surface area (Å²) in [6, 6.07) is 15.7. The molecule has 1 amide bonds. The smallest absolute Gasteiger partial charge is 0.408 e. The Kier molecular flexibility index (Phi) is 5.83. The van der Waals surface area contributed by atoms with E-state index in [0.717, 1.165) is 5.56 Å². The lowest BCUT2D eigenvalue weighted by Crippen LogP contribution is -2.29. The third kappa shape index (κ3) is 5.10. The maximum atomic E-state index is 12.1. The van der Waals surface area contributed by atoms with E-state index >= 15 is 0 Å². The second-order valence-electron chi connectivity index (χ2n) is 5.07. The Morgan fingerprint density at radius 3 is 2.43 bits per heavy atom. The molecular weight excluding hydrogens is 337 g/mol. The van der Waals surface area contributed by atoms with Gasteiger partial charge in [0.25, 0.3) is 0 Å². The first kappa shape index (κ1) is 17.5. The van der Waals surface area contributed by atoms with E-state index in [9.17, 15) is 14.3 Å². The summed E-state index contributed by atoms with van der Waals surface area (Å²) >= 11 is 6.06. The maximum absolute atomic E-state index is 12.1. The molecule has 2 rings (SSSR count). The lowest BCUT2D eigenvalue weighted by Gasteiger charge is -2.22. The highest BCUT2D eigenvalue weighted by Gasteiger charge is 2.31. The highest BCUT2D eigenvalue weighted by Crippen LogP contribution is 2.51. The summed E-state index contributed by atoms with van der Waals surface area (Å²) in [4.78, 5) is 21.9. The van der Waals surface area contributed by atoms with Gasteiger partial charge in [-0.3, -0.25) is 4.57 Å². The van der Waals surface area contributed by atoms with Crippen LogP contribution >= 0.6 is 19.0 Å². The summed E-state index contributed by atoms with van der Waals surface area (Å²) in [6.07, 6.45) is -0.783. The molecule has 0 bridgehead atoms. The van der Waals surface area contributed by atoms with Gasteiger partial charge in [0.15, 0.2) is 0 Å². The molecule has 23 heavy (non-hydrogen) atoms. The molecule has 2 unspecified atom stereocenters. The van der Waals surface area contributed by atoms with E-state index in [1.54, 1.807) is 24.3 Å². The molecule has 0 aliphatic heterocycles. The van der Waals surface area contributed by atoms with Crippen molar-refractivity contribution in [3.8, 4) is 0 Å². The summed E-state index contributed by atoms with van der Waals surface area (Å²) in [7, 11) is -3.67. The molecule has 0 heterocycles. The van der Waals surface area contributed by atoms with Gasteiger partial charge in [0.05, 0.1) is 0 Å². The minimum atomic E-state index is -3.67. The molecule has 0 fully saturated rings. The van der Waals surface area contributed by atoms with Crippen LogP contribution in [0, 0.1) is 0 Å². The third-order valence-corrected chi connectivity index (χ3v) is 4.86. The summed E-state index contributed by atoms with van der Waals surface area (Å²) in [5, 5.41) is 2.73. The molecule has 2 N–H and O–H groups in total. The van der Waals surface area contributed by atoms with Crippen molar-refractivity contribution in [2.75, 3.05) is 6.66 Å². The van der Waals surface area contributed by atoms with E-state index < -0.39 is 19.2 Å². The van der Waals surface area contributed by atoms with Crippen molar-refractivity contribution >= 4 is 25.1 Å². The largest absolute Gasteiger partial charge is 0.445 e. The average Bonchev–Trinajstić information content (AvgIpc) is 2.51. The predicted molar refractivity (Wildman–Crippen MR) is 89.7 cm³/mol. The molecule has 0 aromatic heterocycles. The molecule has 0 aliphatic rings. The van der Waals surface area contributed by atoms with Crippen molar-refractivity contribution in [3.63, 3.8) is 0 Å². The monoisotopic (exact) mass is 353 g/mol. The summed E-state index contributed by atoms with van der Waals surface area (Å²) in [5.74, 6) is -1.13. The fraction of sp³-hybridized carbons (Fsp3) is 0.188. The first-order valence-corrected chi connectivity index (χ1v) is 9.45. The average molecular weight is 354 g/mol. The zero-order valence-electron chi connectivity index (χ0n) is 12.5. The lowest BCUT2D eigenvalue weighted by atomic mass is 10.2. The first-order valence-electron chi connectivity index (χ1n) is 6.89. The van der Waals surface area contributed by atoms with E-state index in [-0.39, 0.29) is 6.61 Å². The summed E-state index contributed by atoms with van der Waals surface area (Å²) in [5.41, 5.74) is 1.19. The van der Waals surface area contributed by atoms with Crippen LogP contribution in [0.2, 0.25) is 5.02 Å². The maximum Gasteiger partial charge on any atom is 0.408 e. The van der Waals surface area contributed by atoms with Crippen molar-refractivity contribution in [2.24, 2.45) is 0 Å². The number of nitrogens with one attached hydrogen (secondary N) is 1. The van der Waals surface area contributed by atoms with E-state index in [0.29, 0.717) is 10.6 Å². The van der Waals surface area contributed by atoms with E-state index in [1.165, 1.54) is 6.66 Å². The number of hydrogen-bond donors (Lipinski definition) is 2. The van der Waals surface area contributed by atoms with E-state index in [2.05, 4.69) is 5.32 Å². The number of carbonyl (C=O) groups is 1. The fourth-order valence-electron chi connectivity index (χ4n) is 2.03. The van der Waals surface area contributed by atoms with Crippen LogP contribution in [0.3, 0.4) is 0 Å². The van der Waals surface area contributed by atoms with Gasteiger partial charge in [0.1, 0.15) is 12.4 Å². The van der Waals surface area contributed by atoms with Gasteiger partial charge < -0.3 is 14.9 Å². The fourth-order valence-corrected chi connectivity index (χ4v) is 3.44. The number of rotatable bonds is 5. The lowest BCUT2D eigenvalue weighted by molar-refractivity contribution is 0.138. The van der Waals surface area contributed by atoms with Gasteiger partial charge in [-0.05, 0) is 11.6 Å². The van der Waals surface area contributed by atoms with Crippen LogP contribution in [0.4, 0.5) is 4.79 Å². The van der Waals surface area contributed by atoms with Gasteiger partial charge in [-0.15, -0.1) is 0 Å². The molecule has 7 heteroatoms. The number of hydrogen-bond acceptors (Lipinski definition) is 3. The van der Waals surface area contributed by atoms with Crippen LogP contribution in [0.15, 0.2) is 54.6 Å². The van der Waals surface area contributed by atoms with Gasteiger partial charge in [-0.1, -0.05) is 60.1 Å². The van der Waals surface area contributed by atoms with Gasteiger partial charge in [0.2, 0.25) is 7.37 Å². The second kappa shape index (κ2) is 7.64. The number of amides is 1. The van der Waals surface area contributed by atoms with Crippen molar-refractivity contribution in [1.82, 2.24) is 5.32 Å². The SMILES string of the molecule is CP(=O)(O)C(NC(=O)OCc1ccccc1)c1ccccc1Cl. The molecule has 2 aromatic rings. The molecule has 0 aliphatic carbocycles. The van der Waals surface area contributed by atoms with Crippen LogP contribution in [-0.2, 0) is 15.9 Å². The van der Waals surface area contributed by atoms with Crippen molar-refractivity contribution in [2.45, 2.75) is 12.4 Å². The standard InChI is InChI=1S/C16H17ClNO4P/c1-23(20,21)15(13-9-5-6-10-14(13)17)18-16(19)22-11-12-7-3-2-4-8-12/h2-10,15H,11H2,1H3,(H,18,19)(H,20,21). The van der Waals surface area contributed by atoms with Gasteiger partial charge >= 0.3 is 6.09 Å². The Morgan fingerprint density at radius 1 is 1.22 bits per heavy atom. The Hall–Kier alpha value is -1.81. The van der Waals surface area contributed by atoms with Crippen LogP contribution in [0.5, 0.6) is 0 Å². The van der Waals surface area contributed by atoms with E-state index in [1.807, 2.05) is 30.3 Å². The number of benzene rings is 2. The van der Waals surface area contributed by atoms with Crippen molar-refractivity contribution in [1.29, 1.82) is 0 Å². The van der Waals surface area contributed by atoms with Gasteiger partial charge in [-0.25, -0.2) is 4.79 Å². The molecule has 0 spiro atoms. The minimum absolute atomic E-state index is 0.0708. The molecule has 0 saturated carbocycles. The van der Waals surface area contributed by atoms with Crippen molar-refractivity contribution in [3.05, 3.63) is 70.7 Å². The molecule has 5 nitrogen and oxygen atoms in total. The van der Waals surface area contributed by atoms with Crippen LogP contribution < -0.4 is 5.32 Å². The third-order valence-electron chi connectivity index (χ3n) is 3.15. The Balaban J connectivity index is 2.08. The normalized spacial score (nSPS) is 14.6. The Bertz CT molecular complexity index is 717. The number of carbonyl (C=O) groups excluding carboxylic acids is 1. The highest BCUT2D eigenvalue weighted by atomic mass is 35.5. The number of ether oxygens (including phenoxy) is 1. The van der Waals surface area contributed by atoms with Crippen molar-refractivity contribution < 1.29 is 19.0 Å². The summed E-state index contributed by atoms with van der Waals surface area (Å²) in [6.45, 7) is 1.24. The summed E-state index contributed by atoms with van der Waals surface area (Å²) < 4.78 is 17.2. The quantitative estimate of drug-likeness (QED) is 0.791. The van der Waals surface area contributed by atoms with Crippen LogP contribution in [0.1, 0.15) is 16.9 Å². The minimum Gasteiger partial charge on any atom is -0.445 e. The Labute approximate surface area is 139 Å². The first-order chi connectivity index (χ1) is 10.9. The second-order valence-corrected chi connectivity index (χ2v) is 7.88. The highest BCUT2D eigenvalue weighted by molar-refractivity contribution is 7.57. The number of halogens is 1. The zero-order valence-corrected chi connectivity index (χ0v) is 14.1. The number of alkyl carbamates (subject to hydrolysis) is 1. The molecular formula is C16H17ClNO4P. The van der Waals surface area contributed by atoms with Gasteiger partial charge in [0, 0.05) is 17.3 Å². The molecule has 0 radical (unpaired) electrons.